The molecule has 1 N–H and O–H groups in total. The van der Waals surface area contributed by atoms with Crippen molar-refractivity contribution in [2.24, 2.45) is 5.92 Å². The lowest BCUT2D eigenvalue weighted by Crippen LogP contribution is -2.23. The molecule has 0 amide bonds. The van der Waals surface area contributed by atoms with Crippen molar-refractivity contribution in [2.75, 3.05) is 24.6 Å². The van der Waals surface area contributed by atoms with Crippen molar-refractivity contribution in [1.29, 1.82) is 0 Å². The summed E-state index contributed by atoms with van der Waals surface area (Å²) in [7, 11) is 0. The molecule has 1 atom stereocenters. The first-order chi connectivity index (χ1) is 11.6. The molecule has 2 aromatic rings. The van der Waals surface area contributed by atoms with Crippen molar-refractivity contribution < 1.29 is 9.84 Å². The molecule has 0 spiro atoms. The van der Waals surface area contributed by atoms with Gasteiger partial charge in [-0.1, -0.05) is 0 Å². The Morgan fingerprint density at radius 2 is 2.04 bits per heavy atom. The maximum absolute atomic E-state index is 9.52. The molecule has 1 aliphatic heterocycles. The number of pyridine rings is 1. The SMILES string of the molecule is Cc1cc(N2CCC(OCC3CC3)C2)c2cc(C)c(CO)cc2n1. The van der Waals surface area contributed by atoms with Gasteiger partial charge in [0, 0.05) is 36.5 Å². The molecule has 1 aromatic carbocycles. The molecular formula is C20H26N2O2. The molecule has 4 rings (SSSR count). The fraction of sp³-hybridized carbons (Fsp3) is 0.550. The molecule has 4 nitrogen and oxygen atoms in total. The summed E-state index contributed by atoms with van der Waals surface area (Å²) < 4.78 is 6.09. The molecule has 24 heavy (non-hydrogen) atoms. The van der Waals surface area contributed by atoms with Gasteiger partial charge in [-0.25, -0.2) is 0 Å². The van der Waals surface area contributed by atoms with E-state index in [0.717, 1.165) is 54.4 Å². The lowest BCUT2D eigenvalue weighted by molar-refractivity contribution is 0.0605. The second-order valence-corrected chi connectivity index (χ2v) is 7.37. The normalized spacial score (nSPS) is 21.0. The van der Waals surface area contributed by atoms with Crippen molar-refractivity contribution >= 4 is 16.6 Å². The first kappa shape index (κ1) is 15.9. The average molecular weight is 326 g/mol. The van der Waals surface area contributed by atoms with Crippen molar-refractivity contribution in [3.63, 3.8) is 0 Å². The molecule has 1 aliphatic carbocycles. The van der Waals surface area contributed by atoms with E-state index in [1.54, 1.807) is 0 Å². The number of anilines is 1. The molecule has 1 saturated carbocycles. The number of aromatic nitrogens is 1. The van der Waals surface area contributed by atoms with Gasteiger partial charge < -0.3 is 14.7 Å². The van der Waals surface area contributed by atoms with Gasteiger partial charge in [0.2, 0.25) is 0 Å². The van der Waals surface area contributed by atoms with E-state index in [1.807, 2.05) is 13.0 Å². The molecule has 0 radical (unpaired) electrons. The predicted octanol–water partition coefficient (Wildman–Crippen LogP) is 3.35. The monoisotopic (exact) mass is 326 g/mol. The predicted molar refractivity (Wildman–Crippen MR) is 96.4 cm³/mol. The fourth-order valence-electron chi connectivity index (χ4n) is 3.61. The Labute approximate surface area is 143 Å². The van der Waals surface area contributed by atoms with Crippen molar-refractivity contribution in [3.8, 4) is 0 Å². The van der Waals surface area contributed by atoms with Gasteiger partial charge in [0.05, 0.1) is 18.2 Å². The van der Waals surface area contributed by atoms with Crippen LogP contribution in [0.25, 0.3) is 10.9 Å². The molecule has 2 aliphatic rings. The van der Waals surface area contributed by atoms with Gasteiger partial charge in [-0.2, -0.15) is 0 Å². The van der Waals surface area contributed by atoms with Crippen LogP contribution in [-0.4, -0.2) is 35.9 Å². The topological polar surface area (TPSA) is 45.6 Å². The Morgan fingerprint density at radius 3 is 2.79 bits per heavy atom. The van der Waals surface area contributed by atoms with Gasteiger partial charge in [0.1, 0.15) is 0 Å². The van der Waals surface area contributed by atoms with E-state index in [4.69, 9.17) is 4.74 Å². The molecule has 0 bridgehead atoms. The number of hydrogen-bond donors (Lipinski definition) is 1. The Kier molecular flexibility index (Phi) is 4.19. The Hall–Kier alpha value is -1.65. The summed E-state index contributed by atoms with van der Waals surface area (Å²) in [6, 6.07) is 6.38. The number of aliphatic hydroxyl groups is 1. The number of aryl methyl sites for hydroxylation is 2. The summed E-state index contributed by atoms with van der Waals surface area (Å²) in [5.74, 6) is 0.822. The molecule has 128 valence electrons. The van der Waals surface area contributed by atoms with E-state index in [9.17, 15) is 5.11 Å². The molecular weight excluding hydrogens is 300 g/mol. The highest BCUT2D eigenvalue weighted by atomic mass is 16.5. The zero-order valence-corrected chi connectivity index (χ0v) is 14.6. The van der Waals surface area contributed by atoms with Crippen molar-refractivity contribution in [3.05, 3.63) is 35.0 Å². The van der Waals surface area contributed by atoms with Gasteiger partial charge in [-0.05, 0) is 68.4 Å². The minimum Gasteiger partial charge on any atom is -0.392 e. The van der Waals surface area contributed by atoms with Gasteiger partial charge in [-0.3, -0.25) is 4.98 Å². The minimum absolute atomic E-state index is 0.0630. The van der Waals surface area contributed by atoms with Crippen LogP contribution in [0.4, 0.5) is 5.69 Å². The number of ether oxygens (including phenoxy) is 1. The van der Waals surface area contributed by atoms with Gasteiger partial charge >= 0.3 is 0 Å². The summed E-state index contributed by atoms with van der Waals surface area (Å²) in [5.41, 5.74) is 5.33. The standard InChI is InChI=1S/C20H26N2O2/c1-13-7-18-19(9-16(13)11-23)21-14(2)8-20(18)22-6-5-17(10-22)24-12-15-3-4-15/h7-9,15,17,23H,3-6,10-12H2,1-2H3. The van der Waals surface area contributed by atoms with E-state index < -0.39 is 0 Å². The Bertz CT molecular complexity index is 755. The van der Waals surface area contributed by atoms with Crippen LogP contribution in [0, 0.1) is 19.8 Å². The van der Waals surface area contributed by atoms with Crippen LogP contribution in [0.2, 0.25) is 0 Å². The third kappa shape index (κ3) is 3.13. The number of fused-ring (bicyclic) bond motifs is 1. The van der Waals surface area contributed by atoms with E-state index in [1.165, 1.54) is 23.9 Å². The Morgan fingerprint density at radius 1 is 1.21 bits per heavy atom. The maximum Gasteiger partial charge on any atom is 0.0766 e. The molecule has 1 saturated heterocycles. The third-order valence-electron chi connectivity index (χ3n) is 5.29. The van der Waals surface area contributed by atoms with E-state index >= 15 is 0 Å². The molecule has 2 heterocycles. The fourth-order valence-corrected chi connectivity index (χ4v) is 3.61. The highest BCUT2D eigenvalue weighted by Gasteiger charge is 2.28. The summed E-state index contributed by atoms with van der Waals surface area (Å²) in [4.78, 5) is 7.11. The molecule has 1 aromatic heterocycles. The molecule has 4 heteroatoms. The lowest BCUT2D eigenvalue weighted by atomic mass is 10.0. The second-order valence-electron chi connectivity index (χ2n) is 7.37. The first-order valence-corrected chi connectivity index (χ1v) is 9.02. The summed E-state index contributed by atoms with van der Waals surface area (Å²) in [6.07, 6.45) is 4.14. The maximum atomic E-state index is 9.52. The lowest BCUT2D eigenvalue weighted by Gasteiger charge is -2.22. The van der Waals surface area contributed by atoms with E-state index in [0.29, 0.717) is 6.10 Å². The van der Waals surface area contributed by atoms with Crippen LogP contribution in [0.5, 0.6) is 0 Å². The van der Waals surface area contributed by atoms with Crippen molar-refractivity contribution in [1.82, 2.24) is 4.98 Å². The summed E-state index contributed by atoms with van der Waals surface area (Å²) in [6.45, 7) is 7.10. The van der Waals surface area contributed by atoms with Gasteiger partial charge in [0.15, 0.2) is 0 Å². The quantitative estimate of drug-likeness (QED) is 0.915. The van der Waals surface area contributed by atoms with Crippen LogP contribution in [0.15, 0.2) is 18.2 Å². The van der Waals surface area contributed by atoms with Gasteiger partial charge in [0.25, 0.3) is 0 Å². The summed E-state index contributed by atoms with van der Waals surface area (Å²) in [5, 5.41) is 10.7. The number of hydrogen-bond acceptors (Lipinski definition) is 4. The number of nitrogens with zero attached hydrogens (tertiary/aromatic N) is 2. The summed E-state index contributed by atoms with van der Waals surface area (Å²) >= 11 is 0. The zero-order valence-electron chi connectivity index (χ0n) is 14.6. The zero-order chi connectivity index (χ0) is 16.7. The van der Waals surface area contributed by atoms with Crippen LogP contribution < -0.4 is 4.90 Å². The van der Waals surface area contributed by atoms with Gasteiger partial charge in [-0.15, -0.1) is 0 Å². The molecule has 2 fully saturated rings. The highest BCUT2D eigenvalue weighted by molar-refractivity contribution is 5.93. The Balaban J connectivity index is 1.62. The molecule has 1 unspecified atom stereocenters. The first-order valence-electron chi connectivity index (χ1n) is 9.02. The minimum atomic E-state index is 0.0630. The van der Waals surface area contributed by atoms with E-state index in [2.05, 4.69) is 28.9 Å². The van der Waals surface area contributed by atoms with Crippen LogP contribution >= 0.6 is 0 Å². The highest BCUT2D eigenvalue weighted by Crippen LogP contribution is 2.33. The van der Waals surface area contributed by atoms with E-state index in [-0.39, 0.29) is 6.61 Å². The van der Waals surface area contributed by atoms with Crippen molar-refractivity contribution in [2.45, 2.75) is 45.8 Å². The van der Waals surface area contributed by atoms with Crippen LogP contribution in [0.1, 0.15) is 36.1 Å². The average Bonchev–Trinajstić information content (AvgIpc) is 3.28. The number of aliphatic hydroxyl groups excluding tert-OH is 1. The van der Waals surface area contributed by atoms with Crippen LogP contribution in [-0.2, 0) is 11.3 Å². The smallest absolute Gasteiger partial charge is 0.0766 e. The second kappa shape index (κ2) is 6.34. The largest absolute Gasteiger partial charge is 0.392 e. The number of rotatable bonds is 5. The number of benzene rings is 1. The third-order valence-corrected chi connectivity index (χ3v) is 5.29. The van der Waals surface area contributed by atoms with Crippen LogP contribution in [0.3, 0.4) is 0 Å².